The van der Waals surface area contributed by atoms with Crippen LogP contribution in [-0.2, 0) is 0 Å². The van der Waals surface area contributed by atoms with Crippen LogP contribution in [0.3, 0.4) is 0 Å². The fourth-order valence-corrected chi connectivity index (χ4v) is 2.13. The monoisotopic (exact) mass is 219 g/mol. The average Bonchev–Trinajstić information content (AvgIpc) is 2.27. The summed E-state index contributed by atoms with van der Waals surface area (Å²) in [5, 5.41) is 3.39. The fourth-order valence-electron chi connectivity index (χ4n) is 2.13. The highest BCUT2D eigenvalue weighted by Gasteiger charge is 2.22. The molecule has 16 heavy (non-hydrogen) atoms. The summed E-state index contributed by atoms with van der Waals surface area (Å²) in [5.41, 5.74) is 2.63. The first-order valence-electron chi connectivity index (χ1n) is 6.11. The molecule has 2 rings (SSSR count). The Morgan fingerprint density at radius 1 is 1.25 bits per heavy atom. The van der Waals surface area contributed by atoms with Crippen LogP contribution >= 0.6 is 0 Å². The Morgan fingerprint density at radius 2 is 2.06 bits per heavy atom. The zero-order valence-corrected chi connectivity index (χ0v) is 10.4. The molecule has 1 aliphatic rings. The lowest BCUT2D eigenvalue weighted by atomic mass is 9.98. The molecule has 1 aliphatic heterocycles. The average molecular weight is 219 g/mol. The molecule has 0 radical (unpaired) electrons. The van der Waals surface area contributed by atoms with Gasteiger partial charge in [-0.05, 0) is 50.1 Å². The molecule has 2 heteroatoms. The van der Waals surface area contributed by atoms with E-state index in [1.807, 2.05) is 0 Å². The minimum atomic E-state index is 0.364. The van der Waals surface area contributed by atoms with Crippen LogP contribution in [0, 0.1) is 19.8 Å². The molecule has 0 aliphatic carbocycles. The van der Waals surface area contributed by atoms with Crippen molar-refractivity contribution in [1.82, 2.24) is 5.32 Å². The van der Waals surface area contributed by atoms with E-state index in [1.165, 1.54) is 11.1 Å². The number of hydrogen-bond donors (Lipinski definition) is 1. The van der Waals surface area contributed by atoms with Gasteiger partial charge in [0.1, 0.15) is 11.9 Å². The first kappa shape index (κ1) is 11.5. The van der Waals surface area contributed by atoms with Crippen LogP contribution in [0.2, 0.25) is 0 Å². The molecule has 1 saturated heterocycles. The zero-order chi connectivity index (χ0) is 11.5. The lowest BCUT2D eigenvalue weighted by Crippen LogP contribution is -2.41. The lowest BCUT2D eigenvalue weighted by Gasteiger charge is -2.30. The van der Waals surface area contributed by atoms with E-state index in [0.717, 1.165) is 25.3 Å². The molecule has 1 aromatic carbocycles. The van der Waals surface area contributed by atoms with E-state index in [2.05, 4.69) is 44.3 Å². The van der Waals surface area contributed by atoms with Gasteiger partial charge in [-0.25, -0.2) is 0 Å². The van der Waals surface area contributed by atoms with Gasteiger partial charge in [0, 0.05) is 12.5 Å². The van der Waals surface area contributed by atoms with Gasteiger partial charge in [-0.3, -0.25) is 0 Å². The van der Waals surface area contributed by atoms with Crippen molar-refractivity contribution in [1.29, 1.82) is 0 Å². The molecule has 2 nitrogen and oxygen atoms in total. The Hall–Kier alpha value is -1.02. The normalized spacial score (nSPS) is 25.4. The van der Waals surface area contributed by atoms with Crippen LogP contribution in [0.4, 0.5) is 0 Å². The quantitative estimate of drug-likeness (QED) is 0.825. The topological polar surface area (TPSA) is 21.3 Å². The minimum absolute atomic E-state index is 0.364. The second-order valence-corrected chi connectivity index (χ2v) is 4.87. The molecule has 88 valence electrons. The Labute approximate surface area is 98.0 Å². The molecule has 0 amide bonds. The standard InChI is InChI=1S/C14H21NO/c1-10-4-5-13(8-11(10)2)16-14-6-7-15-9-12(14)3/h4-5,8,12,14-15H,6-7,9H2,1-3H3. The predicted molar refractivity (Wildman–Crippen MR) is 67.0 cm³/mol. The third kappa shape index (κ3) is 2.56. The van der Waals surface area contributed by atoms with Gasteiger partial charge in [-0.15, -0.1) is 0 Å². The summed E-state index contributed by atoms with van der Waals surface area (Å²) < 4.78 is 6.06. The molecule has 1 aromatic rings. The van der Waals surface area contributed by atoms with E-state index in [4.69, 9.17) is 4.74 Å². The lowest BCUT2D eigenvalue weighted by molar-refractivity contribution is 0.112. The van der Waals surface area contributed by atoms with Crippen molar-refractivity contribution in [3.63, 3.8) is 0 Å². The maximum Gasteiger partial charge on any atom is 0.120 e. The minimum Gasteiger partial charge on any atom is -0.490 e. The van der Waals surface area contributed by atoms with Crippen molar-refractivity contribution in [2.75, 3.05) is 13.1 Å². The van der Waals surface area contributed by atoms with Crippen molar-refractivity contribution >= 4 is 0 Å². The SMILES string of the molecule is Cc1ccc(OC2CCNCC2C)cc1C. The summed E-state index contributed by atoms with van der Waals surface area (Å²) in [6, 6.07) is 6.36. The molecule has 0 aromatic heterocycles. The van der Waals surface area contributed by atoms with E-state index in [-0.39, 0.29) is 0 Å². The van der Waals surface area contributed by atoms with Gasteiger partial charge in [0.25, 0.3) is 0 Å². The first-order chi connectivity index (χ1) is 7.66. The highest BCUT2D eigenvalue weighted by atomic mass is 16.5. The number of nitrogens with one attached hydrogen (secondary N) is 1. The molecule has 0 bridgehead atoms. The zero-order valence-electron chi connectivity index (χ0n) is 10.4. The largest absolute Gasteiger partial charge is 0.490 e. The van der Waals surface area contributed by atoms with Crippen LogP contribution in [0.5, 0.6) is 5.75 Å². The van der Waals surface area contributed by atoms with E-state index < -0.39 is 0 Å². The number of piperidine rings is 1. The summed E-state index contributed by atoms with van der Waals surface area (Å²) in [4.78, 5) is 0. The van der Waals surface area contributed by atoms with E-state index in [0.29, 0.717) is 12.0 Å². The number of aryl methyl sites for hydroxylation is 2. The van der Waals surface area contributed by atoms with Crippen LogP contribution in [0.1, 0.15) is 24.5 Å². The van der Waals surface area contributed by atoms with Gasteiger partial charge < -0.3 is 10.1 Å². The molecule has 1 fully saturated rings. The van der Waals surface area contributed by atoms with Gasteiger partial charge >= 0.3 is 0 Å². The van der Waals surface area contributed by atoms with Gasteiger partial charge in [-0.1, -0.05) is 13.0 Å². The van der Waals surface area contributed by atoms with E-state index in [9.17, 15) is 0 Å². The third-order valence-corrected chi connectivity index (χ3v) is 3.47. The maximum absolute atomic E-state index is 6.06. The number of benzene rings is 1. The third-order valence-electron chi connectivity index (χ3n) is 3.47. The molecule has 2 atom stereocenters. The van der Waals surface area contributed by atoms with Crippen LogP contribution in [0.15, 0.2) is 18.2 Å². The molecule has 1 heterocycles. The van der Waals surface area contributed by atoms with Gasteiger partial charge in [0.15, 0.2) is 0 Å². The predicted octanol–water partition coefficient (Wildman–Crippen LogP) is 2.68. The van der Waals surface area contributed by atoms with Crippen molar-refractivity contribution in [3.05, 3.63) is 29.3 Å². The molecule has 0 saturated carbocycles. The second kappa shape index (κ2) is 4.88. The molecule has 1 N–H and O–H groups in total. The second-order valence-electron chi connectivity index (χ2n) is 4.87. The summed E-state index contributed by atoms with van der Waals surface area (Å²) >= 11 is 0. The van der Waals surface area contributed by atoms with Gasteiger partial charge in [0.2, 0.25) is 0 Å². The van der Waals surface area contributed by atoms with Crippen LogP contribution < -0.4 is 10.1 Å². The van der Waals surface area contributed by atoms with Gasteiger partial charge in [-0.2, -0.15) is 0 Å². The van der Waals surface area contributed by atoms with Crippen molar-refractivity contribution < 1.29 is 4.74 Å². The Balaban J connectivity index is 2.05. The smallest absolute Gasteiger partial charge is 0.120 e. The molecule has 0 spiro atoms. The number of hydrogen-bond acceptors (Lipinski definition) is 2. The van der Waals surface area contributed by atoms with Crippen molar-refractivity contribution in [2.24, 2.45) is 5.92 Å². The Bertz CT molecular complexity index is 362. The van der Waals surface area contributed by atoms with Crippen LogP contribution in [-0.4, -0.2) is 19.2 Å². The van der Waals surface area contributed by atoms with Crippen molar-refractivity contribution in [2.45, 2.75) is 33.3 Å². The molecule has 2 unspecified atom stereocenters. The molecular formula is C14H21NO. The van der Waals surface area contributed by atoms with E-state index >= 15 is 0 Å². The van der Waals surface area contributed by atoms with Crippen molar-refractivity contribution in [3.8, 4) is 5.75 Å². The fraction of sp³-hybridized carbons (Fsp3) is 0.571. The van der Waals surface area contributed by atoms with Gasteiger partial charge in [0.05, 0.1) is 0 Å². The summed E-state index contributed by atoms with van der Waals surface area (Å²) in [7, 11) is 0. The van der Waals surface area contributed by atoms with Crippen LogP contribution in [0.25, 0.3) is 0 Å². The first-order valence-corrected chi connectivity index (χ1v) is 6.11. The number of rotatable bonds is 2. The number of ether oxygens (including phenoxy) is 1. The highest BCUT2D eigenvalue weighted by molar-refractivity contribution is 5.33. The highest BCUT2D eigenvalue weighted by Crippen LogP contribution is 2.22. The Morgan fingerprint density at radius 3 is 2.75 bits per heavy atom. The maximum atomic E-state index is 6.06. The summed E-state index contributed by atoms with van der Waals surface area (Å²) in [5.74, 6) is 1.61. The summed E-state index contributed by atoms with van der Waals surface area (Å²) in [6.07, 6.45) is 1.47. The molecular weight excluding hydrogens is 198 g/mol. The summed E-state index contributed by atoms with van der Waals surface area (Å²) in [6.45, 7) is 8.65. The Kier molecular flexibility index (Phi) is 3.49. The van der Waals surface area contributed by atoms with E-state index in [1.54, 1.807) is 0 Å².